The summed E-state index contributed by atoms with van der Waals surface area (Å²) in [4.78, 5) is 0. The molecule has 114 valence electrons. The van der Waals surface area contributed by atoms with Gasteiger partial charge in [0.2, 0.25) is 0 Å². The van der Waals surface area contributed by atoms with E-state index in [9.17, 15) is 4.48 Å². The Morgan fingerprint density at radius 2 is 1.81 bits per heavy atom. The van der Waals surface area contributed by atoms with Crippen LogP contribution in [0.5, 0.6) is 0 Å². The van der Waals surface area contributed by atoms with Gasteiger partial charge in [0.15, 0.2) is 0 Å². The molecule has 0 amide bonds. The molecular weight excluding hydrogens is 265 g/mol. The normalized spacial score (nSPS) is 13.6. The number of halogens is 1. The summed E-state index contributed by atoms with van der Waals surface area (Å²) in [6.45, 7) is 4.19. The van der Waals surface area contributed by atoms with E-state index in [-0.39, 0.29) is 0 Å². The number of nitrogens with zero attached hydrogens (tertiary/aromatic N) is 2. The summed E-state index contributed by atoms with van der Waals surface area (Å²) in [5, 5.41) is 7.91. The number of fused-ring (bicyclic) bond motifs is 1. The summed E-state index contributed by atoms with van der Waals surface area (Å²) in [5.41, 5.74) is 8.08. The highest BCUT2D eigenvalue weighted by molar-refractivity contribution is 5.73. The van der Waals surface area contributed by atoms with Gasteiger partial charge in [0.1, 0.15) is 0 Å². The Bertz CT molecular complexity index is 580. The molecule has 3 nitrogen and oxygen atoms in total. The second kappa shape index (κ2) is 6.85. The number of nitrogens with one attached hydrogen (secondary N) is 1. The van der Waals surface area contributed by atoms with Crippen molar-refractivity contribution in [3.63, 3.8) is 0 Å². The first-order chi connectivity index (χ1) is 10.0. The highest BCUT2D eigenvalue weighted by atomic mass is 19.2. The van der Waals surface area contributed by atoms with Crippen LogP contribution < -0.4 is 0 Å². The predicted octanol–water partition coefficient (Wildman–Crippen LogP) is 4.00. The van der Waals surface area contributed by atoms with Crippen LogP contribution in [0.4, 0.5) is 4.48 Å². The van der Waals surface area contributed by atoms with E-state index in [1.807, 2.05) is 0 Å². The predicted molar refractivity (Wildman–Crippen MR) is 84.9 cm³/mol. The molecule has 1 aromatic heterocycles. The average Bonchev–Trinajstić information content (AvgIpc) is 2.77. The smallest absolute Gasteiger partial charge is 0.0672 e. The third-order valence-corrected chi connectivity index (χ3v) is 3.79. The molecule has 0 fully saturated rings. The Morgan fingerprint density at radius 1 is 1.14 bits per heavy atom. The van der Waals surface area contributed by atoms with Crippen LogP contribution >= 0.6 is 0 Å². The van der Waals surface area contributed by atoms with Crippen molar-refractivity contribution in [3.8, 4) is 11.1 Å². The first-order valence-corrected chi connectivity index (χ1v) is 7.46. The van der Waals surface area contributed by atoms with Gasteiger partial charge in [-0.05, 0) is 56.2 Å². The number of hydrogen-bond acceptors (Lipinski definition) is 2. The van der Waals surface area contributed by atoms with E-state index in [0.717, 1.165) is 5.69 Å². The van der Waals surface area contributed by atoms with E-state index in [1.54, 1.807) is 5.56 Å². The fourth-order valence-electron chi connectivity index (χ4n) is 2.96. The Kier molecular flexibility index (Phi) is 5.12. The number of H-pyrrole nitrogens is 1. The zero-order chi connectivity index (χ0) is 15.4. The van der Waals surface area contributed by atoms with E-state index in [4.69, 9.17) is 0 Å². The minimum Gasteiger partial charge on any atom is -0.282 e. The van der Waals surface area contributed by atoms with Gasteiger partial charge in [0.25, 0.3) is 0 Å². The number of rotatable bonds is 1. The van der Waals surface area contributed by atoms with Crippen molar-refractivity contribution in [2.24, 2.45) is 0 Å². The van der Waals surface area contributed by atoms with Crippen molar-refractivity contribution in [1.29, 1.82) is 0 Å². The molecule has 2 aromatic rings. The van der Waals surface area contributed by atoms with Crippen LogP contribution in [0.2, 0.25) is 0 Å². The minimum atomic E-state index is 0.500. The molecule has 4 heteroatoms. The van der Waals surface area contributed by atoms with Crippen molar-refractivity contribution in [2.45, 2.75) is 39.5 Å². The summed E-state index contributed by atoms with van der Waals surface area (Å²) in [5.74, 6) is 0. The molecule has 0 saturated carbocycles. The fourth-order valence-corrected chi connectivity index (χ4v) is 2.96. The molecule has 0 spiro atoms. The second-order valence-electron chi connectivity index (χ2n) is 5.74. The lowest BCUT2D eigenvalue weighted by atomic mass is 9.85. The number of aryl methyl sites for hydroxylation is 3. The minimum absolute atomic E-state index is 0.500. The van der Waals surface area contributed by atoms with E-state index in [1.165, 1.54) is 62.2 Å². The van der Waals surface area contributed by atoms with Gasteiger partial charge in [-0.2, -0.15) is 10.2 Å². The number of benzene rings is 1. The third kappa shape index (κ3) is 3.70. The van der Waals surface area contributed by atoms with Crippen molar-refractivity contribution < 1.29 is 4.48 Å². The van der Waals surface area contributed by atoms with Crippen molar-refractivity contribution in [2.75, 3.05) is 14.1 Å². The molecule has 0 radical (unpaired) electrons. The third-order valence-electron chi connectivity index (χ3n) is 3.79. The van der Waals surface area contributed by atoms with E-state index < -0.39 is 0 Å². The van der Waals surface area contributed by atoms with Crippen molar-refractivity contribution in [1.82, 2.24) is 15.3 Å². The molecule has 0 atom stereocenters. The van der Waals surface area contributed by atoms with Crippen LogP contribution in [0.1, 0.15) is 35.4 Å². The summed E-state index contributed by atoms with van der Waals surface area (Å²) in [6.07, 6.45) is 5.11. The first kappa shape index (κ1) is 15.7. The van der Waals surface area contributed by atoms with Crippen LogP contribution in [0.3, 0.4) is 0 Å². The lowest BCUT2D eigenvalue weighted by Gasteiger charge is -2.19. The molecule has 1 N–H and O–H groups in total. The number of hydrogen-bond donors (Lipinski definition) is 1. The lowest BCUT2D eigenvalue weighted by Crippen LogP contribution is -2.04. The molecular formula is C17H24FN3. The van der Waals surface area contributed by atoms with Gasteiger partial charge in [0.05, 0.1) is 5.69 Å². The fraction of sp³-hybridized carbons (Fsp3) is 0.471. The summed E-state index contributed by atoms with van der Waals surface area (Å²) >= 11 is 0. The van der Waals surface area contributed by atoms with Gasteiger partial charge < -0.3 is 0 Å². The van der Waals surface area contributed by atoms with Gasteiger partial charge in [-0.25, -0.2) is 0 Å². The van der Waals surface area contributed by atoms with E-state index in [0.29, 0.717) is 5.12 Å². The summed E-state index contributed by atoms with van der Waals surface area (Å²) in [6, 6.07) is 6.71. The molecule has 1 aliphatic carbocycles. The van der Waals surface area contributed by atoms with Crippen LogP contribution in [0, 0.1) is 13.8 Å². The van der Waals surface area contributed by atoms with E-state index in [2.05, 4.69) is 42.2 Å². The molecule has 3 rings (SSSR count). The zero-order valence-corrected chi connectivity index (χ0v) is 13.3. The maximum Gasteiger partial charge on any atom is 0.0672 e. The standard InChI is InChI=1S/C15H18N2.C2H6FN/c1-10-15(11(2)17-16-10)14-9-5-7-12-6-3-4-8-13(12)14;1-4(2)3/h5,7,9H,3-4,6,8H2,1-2H3,(H,16,17);1-2H3. The SMILES string of the molecule is CN(C)F.Cc1n[nH]c(C)c1-c1cccc2c1CCCC2. The number of aromatic nitrogens is 2. The molecule has 21 heavy (non-hydrogen) atoms. The van der Waals surface area contributed by atoms with E-state index >= 15 is 0 Å². The monoisotopic (exact) mass is 289 g/mol. The van der Waals surface area contributed by atoms with Crippen LogP contribution in [-0.2, 0) is 12.8 Å². The molecule has 0 bridgehead atoms. The second-order valence-corrected chi connectivity index (χ2v) is 5.74. The zero-order valence-electron chi connectivity index (χ0n) is 13.3. The van der Waals surface area contributed by atoms with Gasteiger partial charge >= 0.3 is 0 Å². The maximum atomic E-state index is 10.8. The van der Waals surface area contributed by atoms with Crippen LogP contribution in [0.15, 0.2) is 18.2 Å². The number of aromatic amines is 1. The molecule has 1 aliphatic rings. The average molecular weight is 289 g/mol. The lowest BCUT2D eigenvalue weighted by molar-refractivity contribution is 0.0977. The van der Waals surface area contributed by atoms with Gasteiger partial charge in [-0.1, -0.05) is 18.2 Å². The summed E-state index contributed by atoms with van der Waals surface area (Å²) in [7, 11) is 2.67. The first-order valence-electron chi connectivity index (χ1n) is 7.46. The largest absolute Gasteiger partial charge is 0.282 e. The topological polar surface area (TPSA) is 31.9 Å². The van der Waals surface area contributed by atoms with Gasteiger partial charge in [-0.3, -0.25) is 5.10 Å². The highest BCUT2D eigenvalue weighted by Gasteiger charge is 2.17. The Labute approximate surface area is 126 Å². The van der Waals surface area contributed by atoms with Crippen LogP contribution in [-0.4, -0.2) is 29.4 Å². The quantitative estimate of drug-likeness (QED) is 0.805. The van der Waals surface area contributed by atoms with Crippen LogP contribution in [0.25, 0.3) is 11.1 Å². The maximum absolute atomic E-state index is 10.8. The van der Waals surface area contributed by atoms with Gasteiger partial charge in [-0.15, -0.1) is 4.48 Å². The van der Waals surface area contributed by atoms with Crippen molar-refractivity contribution >= 4 is 0 Å². The molecule has 1 aromatic carbocycles. The molecule has 0 aliphatic heterocycles. The summed E-state index contributed by atoms with van der Waals surface area (Å²) < 4.78 is 10.8. The molecule has 0 unspecified atom stereocenters. The Morgan fingerprint density at radius 3 is 2.43 bits per heavy atom. The Balaban J connectivity index is 0.000000361. The molecule has 1 heterocycles. The van der Waals surface area contributed by atoms with Crippen molar-refractivity contribution in [3.05, 3.63) is 40.7 Å². The molecule has 0 saturated heterocycles. The highest BCUT2D eigenvalue weighted by Crippen LogP contribution is 2.34. The van der Waals surface area contributed by atoms with Gasteiger partial charge in [0, 0.05) is 25.4 Å². The Hall–Kier alpha value is -1.68.